The van der Waals surface area contributed by atoms with Gasteiger partial charge in [-0.3, -0.25) is 9.58 Å². The van der Waals surface area contributed by atoms with Crippen LogP contribution in [0.4, 0.5) is 0 Å². The van der Waals surface area contributed by atoms with Gasteiger partial charge in [0.2, 0.25) is 0 Å². The number of nitrogens with zero attached hydrogens (tertiary/aromatic N) is 3. The van der Waals surface area contributed by atoms with E-state index in [-0.39, 0.29) is 6.04 Å². The minimum Gasteiger partial charge on any atom is -0.326 e. The Balaban J connectivity index is 2.24. The Kier molecular flexibility index (Phi) is 5.22. The Bertz CT molecular complexity index is 410. The largest absolute Gasteiger partial charge is 0.326 e. The van der Waals surface area contributed by atoms with Crippen LogP contribution in [0.3, 0.4) is 0 Å². The van der Waals surface area contributed by atoms with Crippen LogP contribution in [0.15, 0.2) is 12.4 Å². The number of hydrogen-bond donors (Lipinski definition) is 1. The van der Waals surface area contributed by atoms with Crippen molar-refractivity contribution in [1.29, 1.82) is 0 Å². The van der Waals surface area contributed by atoms with Crippen LogP contribution in [-0.4, -0.2) is 33.8 Å². The van der Waals surface area contributed by atoms with Crippen LogP contribution in [0.25, 0.3) is 0 Å². The van der Waals surface area contributed by atoms with Crippen LogP contribution in [0.1, 0.15) is 64.6 Å². The molecule has 0 saturated carbocycles. The van der Waals surface area contributed by atoms with Gasteiger partial charge in [0.25, 0.3) is 0 Å². The molecule has 2 rings (SSSR count). The number of likely N-dealkylation sites (tertiary alicyclic amines) is 1. The lowest BCUT2D eigenvalue weighted by molar-refractivity contribution is 0.165. The summed E-state index contributed by atoms with van der Waals surface area (Å²) < 4.78 is 2.04. The minimum atomic E-state index is 0.223. The molecule has 1 aliphatic rings. The first-order chi connectivity index (χ1) is 9.49. The molecule has 1 saturated heterocycles. The lowest BCUT2D eigenvalue weighted by Crippen LogP contribution is -2.41. The van der Waals surface area contributed by atoms with Crippen molar-refractivity contribution in [2.75, 3.05) is 13.1 Å². The van der Waals surface area contributed by atoms with Gasteiger partial charge in [0.15, 0.2) is 0 Å². The molecule has 1 aromatic heterocycles. The van der Waals surface area contributed by atoms with E-state index in [1.165, 1.54) is 18.4 Å². The summed E-state index contributed by atoms with van der Waals surface area (Å²) in [5.74, 6) is 0.669. The molecule has 2 unspecified atom stereocenters. The first kappa shape index (κ1) is 15.5. The first-order valence-corrected chi connectivity index (χ1v) is 8.02. The number of nitrogens with two attached hydrogens (primary N) is 1. The van der Waals surface area contributed by atoms with E-state index in [0.29, 0.717) is 18.0 Å². The molecule has 0 aromatic carbocycles. The Morgan fingerprint density at radius 2 is 2.05 bits per heavy atom. The van der Waals surface area contributed by atoms with E-state index >= 15 is 0 Å². The van der Waals surface area contributed by atoms with Crippen molar-refractivity contribution in [3.05, 3.63) is 18.0 Å². The second-order valence-electron chi connectivity index (χ2n) is 6.84. The highest BCUT2D eigenvalue weighted by atomic mass is 15.3. The summed E-state index contributed by atoms with van der Waals surface area (Å²) in [6.45, 7) is 11.2. The molecule has 0 aliphatic carbocycles. The zero-order valence-electron chi connectivity index (χ0n) is 13.4. The Morgan fingerprint density at radius 1 is 1.30 bits per heavy atom. The van der Waals surface area contributed by atoms with Crippen LogP contribution in [0.2, 0.25) is 0 Å². The summed E-state index contributed by atoms with van der Waals surface area (Å²) in [6, 6.07) is 0.956. The lowest BCUT2D eigenvalue weighted by atomic mass is 9.98. The van der Waals surface area contributed by atoms with Crippen molar-refractivity contribution in [3.63, 3.8) is 0 Å². The van der Waals surface area contributed by atoms with Gasteiger partial charge >= 0.3 is 0 Å². The fourth-order valence-electron chi connectivity index (χ4n) is 3.18. The summed E-state index contributed by atoms with van der Waals surface area (Å²) in [7, 11) is 0. The van der Waals surface area contributed by atoms with Crippen LogP contribution in [0, 0.1) is 5.92 Å². The molecule has 0 radical (unpaired) electrons. The van der Waals surface area contributed by atoms with E-state index in [1.807, 2.05) is 10.9 Å². The smallest absolute Gasteiger partial charge is 0.0538 e. The van der Waals surface area contributed by atoms with Gasteiger partial charge in [-0.05, 0) is 39.2 Å². The Hall–Kier alpha value is -0.870. The predicted octanol–water partition coefficient (Wildman–Crippen LogP) is 2.97. The van der Waals surface area contributed by atoms with Crippen molar-refractivity contribution in [3.8, 4) is 0 Å². The topological polar surface area (TPSA) is 47.1 Å². The molecule has 114 valence electrons. The molecule has 1 aromatic rings. The van der Waals surface area contributed by atoms with Crippen molar-refractivity contribution in [1.82, 2.24) is 14.7 Å². The van der Waals surface area contributed by atoms with E-state index in [4.69, 9.17) is 5.73 Å². The van der Waals surface area contributed by atoms with Gasteiger partial charge in [-0.1, -0.05) is 20.3 Å². The van der Waals surface area contributed by atoms with Crippen LogP contribution in [0.5, 0.6) is 0 Å². The van der Waals surface area contributed by atoms with E-state index in [2.05, 4.69) is 43.9 Å². The third-order valence-electron chi connectivity index (χ3n) is 4.12. The zero-order chi connectivity index (χ0) is 14.7. The van der Waals surface area contributed by atoms with Crippen LogP contribution in [-0.2, 0) is 0 Å². The normalized spacial score (nSPS) is 25.4. The highest BCUT2D eigenvalue weighted by molar-refractivity contribution is 5.14. The summed E-state index contributed by atoms with van der Waals surface area (Å²) in [5, 5.41) is 4.50. The second kappa shape index (κ2) is 6.72. The minimum absolute atomic E-state index is 0.223. The highest BCUT2D eigenvalue weighted by Crippen LogP contribution is 2.30. The van der Waals surface area contributed by atoms with E-state index < -0.39 is 0 Å². The molecule has 4 nitrogen and oxygen atoms in total. The maximum atomic E-state index is 6.48. The van der Waals surface area contributed by atoms with Crippen molar-refractivity contribution in [2.24, 2.45) is 11.7 Å². The molecule has 1 aliphatic heterocycles. The quantitative estimate of drug-likeness (QED) is 0.921. The van der Waals surface area contributed by atoms with Gasteiger partial charge in [0.1, 0.15) is 0 Å². The Labute approximate surface area is 123 Å². The molecule has 2 N–H and O–H groups in total. The average Bonchev–Trinajstić information content (AvgIpc) is 2.76. The SMILES string of the molecule is CC(C)CN1CCCCC(N)C1c1cnn(C(C)C)c1. The van der Waals surface area contributed by atoms with Gasteiger partial charge in [-0.15, -0.1) is 0 Å². The maximum absolute atomic E-state index is 6.48. The fraction of sp³-hybridized carbons (Fsp3) is 0.812. The summed E-state index contributed by atoms with van der Waals surface area (Å²) in [4.78, 5) is 2.57. The third-order valence-corrected chi connectivity index (χ3v) is 4.12. The standard InChI is InChI=1S/C16H30N4/c1-12(2)10-19-8-6-5-7-15(17)16(19)14-9-18-20(11-14)13(3)4/h9,11-13,15-16H,5-8,10,17H2,1-4H3. The molecular weight excluding hydrogens is 248 g/mol. The number of aromatic nitrogens is 2. The monoisotopic (exact) mass is 278 g/mol. The van der Waals surface area contributed by atoms with Gasteiger partial charge < -0.3 is 5.73 Å². The van der Waals surface area contributed by atoms with Crippen molar-refractivity contribution >= 4 is 0 Å². The third kappa shape index (κ3) is 3.61. The van der Waals surface area contributed by atoms with Crippen molar-refractivity contribution < 1.29 is 0 Å². The summed E-state index contributed by atoms with van der Waals surface area (Å²) >= 11 is 0. The molecular formula is C16H30N4. The van der Waals surface area contributed by atoms with E-state index in [0.717, 1.165) is 19.5 Å². The van der Waals surface area contributed by atoms with Gasteiger partial charge in [0, 0.05) is 30.4 Å². The van der Waals surface area contributed by atoms with Gasteiger partial charge in [-0.25, -0.2) is 0 Å². The molecule has 0 bridgehead atoms. The molecule has 2 atom stereocenters. The number of hydrogen-bond acceptors (Lipinski definition) is 3. The molecule has 0 amide bonds. The van der Waals surface area contributed by atoms with E-state index in [1.54, 1.807) is 0 Å². The van der Waals surface area contributed by atoms with Gasteiger partial charge in [0.05, 0.1) is 12.2 Å². The molecule has 20 heavy (non-hydrogen) atoms. The van der Waals surface area contributed by atoms with Crippen LogP contribution >= 0.6 is 0 Å². The summed E-state index contributed by atoms with van der Waals surface area (Å²) in [6.07, 6.45) is 7.82. The molecule has 0 spiro atoms. The molecule has 1 fully saturated rings. The zero-order valence-corrected chi connectivity index (χ0v) is 13.4. The molecule has 4 heteroatoms. The first-order valence-electron chi connectivity index (χ1n) is 8.02. The molecule has 2 heterocycles. The van der Waals surface area contributed by atoms with E-state index in [9.17, 15) is 0 Å². The fourth-order valence-corrected chi connectivity index (χ4v) is 3.18. The average molecular weight is 278 g/mol. The summed E-state index contributed by atoms with van der Waals surface area (Å²) in [5.41, 5.74) is 7.77. The highest BCUT2D eigenvalue weighted by Gasteiger charge is 2.30. The lowest BCUT2D eigenvalue weighted by Gasteiger charge is -2.34. The number of rotatable bonds is 4. The Morgan fingerprint density at radius 3 is 2.65 bits per heavy atom. The van der Waals surface area contributed by atoms with Crippen LogP contribution < -0.4 is 5.73 Å². The predicted molar refractivity (Wildman–Crippen MR) is 83.6 cm³/mol. The maximum Gasteiger partial charge on any atom is 0.0538 e. The second-order valence-corrected chi connectivity index (χ2v) is 6.84. The van der Waals surface area contributed by atoms with Crippen molar-refractivity contribution in [2.45, 2.75) is 65.1 Å². The van der Waals surface area contributed by atoms with Gasteiger partial charge in [-0.2, -0.15) is 5.10 Å².